The van der Waals surface area contributed by atoms with Crippen LogP contribution in [0.3, 0.4) is 0 Å². The third kappa shape index (κ3) is 3.80. The van der Waals surface area contributed by atoms with E-state index in [0.717, 1.165) is 16.5 Å². The van der Waals surface area contributed by atoms with E-state index in [0.29, 0.717) is 27.8 Å². The van der Waals surface area contributed by atoms with Crippen LogP contribution < -0.4 is 0 Å². The average molecular weight is 406 g/mol. The smallest absolute Gasteiger partial charge is 0.355 e. The number of carbonyl (C=O) groups excluding carboxylic acids is 2. The predicted octanol–water partition coefficient (Wildman–Crippen LogP) is 4.50. The molecule has 0 saturated carbocycles. The van der Waals surface area contributed by atoms with E-state index in [4.69, 9.17) is 32.7 Å². The molecule has 0 bridgehead atoms. The van der Waals surface area contributed by atoms with Crippen LogP contribution in [-0.4, -0.2) is 30.7 Å². The Morgan fingerprint density at radius 2 is 1.74 bits per heavy atom. The van der Waals surface area contributed by atoms with Crippen molar-refractivity contribution >= 4 is 46.0 Å². The molecule has 0 aliphatic rings. The summed E-state index contributed by atoms with van der Waals surface area (Å²) in [5, 5.41) is 1.68. The van der Waals surface area contributed by atoms with Crippen molar-refractivity contribution in [1.82, 2.24) is 4.57 Å². The number of esters is 2. The fourth-order valence-electron chi connectivity index (χ4n) is 3.09. The number of ether oxygens (including phenoxy) is 2. The molecule has 140 valence electrons. The van der Waals surface area contributed by atoms with Crippen molar-refractivity contribution < 1.29 is 19.1 Å². The van der Waals surface area contributed by atoms with Gasteiger partial charge >= 0.3 is 11.9 Å². The second-order valence-corrected chi connectivity index (χ2v) is 6.74. The number of hydrogen-bond acceptors (Lipinski definition) is 4. The second-order valence-electron chi connectivity index (χ2n) is 5.92. The van der Waals surface area contributed by atoms with Gasteiger partial charge in [0.2, 0.25) is 0 Å². The van der Waals surface area contributed by atoms with E-state index < -0.39 is 11.9 Å². The van der Waals surface area contributed by atoms with Gasteiger partial charge in [-0.25, -0.2) is 4.79 Å². The molecule has 0 unspecified atom stereocenters. The molecule has 27 heavy (non-hydrogen) atoms. The SMILES string of the molecule is COC(=O)Cc1c(C(=O)OC)n(Cc2ccc(Cl)c(Cl)c2)c2ccccc12. The highest BCUT2D eigenvalue weighted by atomic mass is 35.5. The highest BCUT2D eigenvalue weighted by Crippen LogP contribution is 2.30. The Hall–Kier alpha value is -2.50. The Labute approximate surface area is 166 Å². The van der Waals surface area contributed by atoms with Crippen molar-refractivity contribution in [2.45, 2.75) is 13.0 Å². The van der Waals surface area contributed by atoms with E-state index in [9.17, 15) is 9.59 Å². The number of rotatable bonds is 5. The molecule has 2 aromatic carbocycles. The lowest BCUT2D eigenvalue weighted by molar-refractivity contribution is -0.139. The maximum Gasteiger partial charge on any atom is 0.355 e. The summed E-state index contributed by atoms with van der Waals surface area (Å²) in [6.45, 7) is 0.364. The van der Waals surface area contributed by atoms with E-state index in [1.165, 1.54) is 14.2 Å². The molecule has 5 nitrogen and oxygen atoms in total. The number of fused-ring (bicyclic) bond motifs is 1. The van der Waals surface area contributed by atoms with Crippen LogP contribution in [0, 0.1) is 0 Å². The Morgan fingerprint density at radius 1 is 1.00 bits per heavy atom. The molecule has 0 N–H and O–H groups in total. The first-order valence-electron chi connectivity index (χ1n) is 8.15. The standard InChI is InChI=1S/C20H17Cl2NO4/c1-26-18(24)10-14-13-5-3-4-6-17(13)23(19(14)20(25)27-2)11-12-7-8-15(21)16(22)9-12/h3-9H,10-11H2,1-2H3. The van der Waals surface area contributed by atoms with Gasteiger partial charge in [0.15, 0.2) is 0 Å². The van der Waals surface area contributed by atoms with Gasteiger partial charge in [-0.15, -0.1) is 0 Å². The van der Waals surface area contributed by atoms with Gasteiger partial charge in [0.25, 0.3) is 0 Å². The summed E-state index contributed by atoms with van der Waals surface area (Å²) in [6.07, 6.45) is -0.0319. The van der Waals surface area contributed by atoms with Gasteiger partial charge < -0.3 is 14.0 Å². The van der Waals surface area contributed by atoms with Crippen LogP contribution in [0.2, 0.25) is 10.0 Å². The first kappa shape index (κ1) is 19.3. The van der Waals surface area contributed by atoms with Gasteiger partial charge in [0.05, 0.1) is 30.7 Å². The highest BCUT2D eigenvalue weighted by Gasteiger charge is 2.25. The number of methoxy groups -OCH3 is 2. The Morgan fingerprint density at radius 3 is 2.41 bits per heavy atom. The van der Waals surface area contributed by atoms with Crippen LogP contribution in [-0.2, 0) is 27.2 Å². The zero-order chi connectivity index (χ0) is 19.6. The Balaban J connectivity index is 2.21. The lowest BCUT2D eigenvalue weighted by atomic mass is 10.1. The van der Waals surface area contributed by atoms with E-state index in [1.54, 1.807) is 12.1 Å². The number of halogens is 2. The molecule has 1 heterocycles. The molecule has 0 aliphatic heterocycles. The fourth-order valence-corrected chi connectivity index (χ4v) is 3.41. The van der Waals surface area contributed by atoms with Crippen molar-refractivity contribution in [3.05, 3.63) is 69.3 Å². The second kappa shape index (κ2) is 8.03. The van der Waals surface area contributed by atoms with Crippen LogP contribution >= 0.6 is 23.2 Å². The van der Waals surface area contributed by atoms with Gasteiger partial charge in [0.1, 0.15) is 5.69 Å². The van der Waals surface area contributed by atoms with Crippen molar-refractivity contribution in [3.63, 3.8) is 0 Å². The van der Waals surface area contributed by atoms with Crippen molar-refractivity contribution in [2.75, 3.05) is 14.2 Å². The third-order valence-corrected chi connectivity index (χ3v) is 5.07. The van der Waals surface area contributed by atoms with E-state index >= 15 is 0 Å². The summed E-state index contributed by atoms with van der Waals surface area (Å²) in [5.41, 5.74) is 2.56. The molecule has 3 rings (SSSR count). The summed E-state index contributed by atoms with van der Waals surface area (Å²) in [4.78, 5) is 24.5. The van der Waals surface area contributed by atoms with Crippen molar-refractivity contribution in [1.29, 1.82) is 0 Å². The molecule has 1 aromatic heterocycles. The van der Waals surface area contributed by atoms with Crippen LogP contribution in [0.5, 0.6) is 0 Å². The van der Waals surface area contributed by atoms with Gasteiger partial charge in [-0.3, -0.25) is 4.79 Å². The number of carbonyl (C=O) groups is 2. The average Bonchev–Trinajstić information content (AvgIpc) is 2.97. The van der Waals surface area contributed by atoms with E-state index in [1.807, 2.05) is 34.9 Å². The number of aromatic nitrogens is 1. The van der Waals surface area contributed by atoms with Crippen LogP contribution in [0.25, 0.3) is 10.9 Å². The zero-order valence-electron chi connectivity index (χ0n) is 14.8. The van der Waals surface area contributed by atoms with Crippen molar-refractivity contribution in [2.24, 2.45) is 0 Å². The molecule has 3 aromatic rings. The molecule has 0 radical (unpaired) electrons. The zero-order valence-corrected chi connectivity index (χ0v) is 16.3. The van der Waals surface area contributed by atoms with Gasteiger partial charge in [-0.1, -0.05) is 47.5 Å². The largest absolute Gasteiger partial charge is 0.469 e. The molecule has 0 amide bonds. The molecular weight excluding hydrogens is 389 g/mol. The van der Waals surface area contributed by atoms with Gasteiger partial charge in [0, 0.05) is 23.0 Å². The lowest BCUT2D eigenvalue weighted by Gasteiger charge is -2.11. The van der Waals surface area contributed by atoms with E-state index in [-0.39, 0.29) is 6.42 Å². The molecule has 7 heteroatoms. The van der Waals surface area contributed by atoms with Crippen LogP contribution in [0.15, 0.2) is 42.5 Å². The van der Waals surface area contributed by atoms with Crippen LogP contribution in [0.4, 0.5) is 0 Å². The minimum Gasteiger partial charge on any atom is -0.469 e. The Kier molecular flexibility index (Phi) is 5.73. The van der Waals surface area contributed by atoms with Gasteiger partial charge in [-0.2, -0.15) is 0 Å². The normalized spacial score (nSPS) is 10.8. The summed E-state index contributed by atoms with van der Waals surface area (Å²) in [6, 6.07) is 12.8. The summed E-state index contributed by atoms with van der Waals surface area (Å²) < 4.78 is 11.6. The van der Waals surface area contributed by atoms with Crippen molar-refractivity contribution in [3.8, 4) is 0 Å². The minimum absolute atomic E-state index is 0.0319. The number of nitrogens with zero attached hydrogens (tertiary/aromatic N) is 1. The minimum atomic E-state index is -0.523. The number of para-hydroxylation sites is 1. The molecular formula is C20H17Cl2NO4. The lowest BCUT2D eigenvalue weighted by Crippen LogP contribution is -2.15. The predicted molar refractivity (Wildman–Crippen MR) is 105 cm³/mol. The maximum absolute atomic E-state index is 12.6. The molecule has 0 spiro atoms. The monoisotopic (exact) mass is 405 g/mol. The molecule has 0 saturated heterocycles. The fraction of sp³-hybridized carbons (Fsp3) is 0.200. The topological polar surface area (TPSA) is 57.5 Å². The molecule has 0 fully saturated rings. The molecule has 0 aliphatic carbocycles. The first-order valence-corrected chi connectivity index (χ1v) is 8.91. The van der Waals surface area contributed by atoms with E-state index in [2.05, 4.69) is 0 Å². The van der Waals surface area contributed by atoms with Gasteiger partial charge in [-0.05, 0) is 23.8 Å². The maximum atomic E-state index is 12.6. The first-order chi connectivity index (χ1) is 13.0. The molecule has 0 atom stereocenters. The Bertz CT molecular complexity index is 1030. The number of hydrogen-bond donors (Lipinski definition) is 0. The quantitative estimate of drug-likeness (QED) is 0.586. The highest BCUT2D eigenvalue weighted by molar-refractivity contribution is 6.42. The van der Waals surface area contributed by atoms with Crippen LogP contribution in [0.1, 0.15) is 21.6 Å². The summed E-state index contributed by atoms with van der Waals surface area (Å²) in [7, 11) is 2.63. The summed E-state index contributed by atoms with van der Waals surface area (Å²) in [5.74, 6) is -0.956. The number of benzene rings is 2. The summed E-state index contributed by atoms with van der Waals surface area (Å²) >= 11 is 12.1. The third-order valence-electron chi connectivity index (χ3n) is 4.33.